The lowest BCUT2D eigenvalue weighted by atomic mass is 9.96. The van der Waals surface area contributed by atoms with Crippen LogP contribution in [0.15, 0.2) is 0 Å². The maximum Gasteiger partial charge on any atom is 0.116 e. The third-order valence-corrected chi connectivity index (χ3v) is 2.11. The van der Waals surface area contributed by atoms with Crippen molar-refractivity contribution in [1.29, 1.82) is 0 Å². The fourth-order valence-corrected chi connectivity index (χ4v) is 1.24. The van der Waals surface area contributed by atoms with Crippen LogP contribution in [0.2, 0.25) is 0 Å². The third-order valence-electron chi connectivity index (χ3n) is 2.11. The first-order chi connectivity index (χ1) is 7.62. The third kappa shape index (κ3) is 23.4. The molecule has 2 heteroatoms. The Labute approximate surface area is 103 Å². The minimum Gasteiger partial charge on any atom is -0.381 e. The zero-order valence-corrected chi connectivity index (χ0v) is 12.4. The molecule has 0 amide bonds. The Kier molecular flexibility index (Phi) is 26.3. The van der Waals surface area contributed by atoms with Crippen LogP contribution < -0.4 is 0 Å². The van der Waals surface area contributed by atoms with Gasteiger partial charge in [-0.1, -0.05) is 41.0 Å². The van der Waals surface area contributed by atoms with Gasteiger partial charge in [-0.25, -0.2) is 0 Å². The summed E-state index contributed by atoms with van der Waals surface area (Å²) in [7, 11) is 0. The highest BCUT2D eigenvalue weighted by Gasteiger charge is 2.06. The van der Waals surface area contributed by atoms with Gasteiger partial charge in [0.1, 0.15) is 6.29 Å². The van der Waals surface area contributed by atoms with E-state index >= 15 is 0 Å². The molecule has 0 fully saturated rings. The van der Waals surface area contributed by atoms with E-state index in [0.717, 1.165) is 31.3 Å². The highest BCUT2D eigenvalue weighted by Crippen LogP contribution is 2.14. The van der Waals surface area contributed by atoms with Crippen LogP contribution in [0.1, 0.15) is 61.3 Å². The van der Waals surface area contributed by atoms with Crippen LogP contribution >= 0.6 is 0 Å². The summed E-state index contributed by atoms with van der Waals surface area (Å²) < 4.78 is 5.34. The van der Waals surface area contributed by atoms with Crippen LogP contribution in [0.4, 0.5) is 0 Å². The SMILES string of the molecule is CC.CC=O.CCOCC(C)CC(C)CC. The van der Waals surface area contributed by atoms with E-state index in [4.69, 9.17) is 9.53 Å². The first-order valence-electron chi connectivity index (χ1n) is 6.59. The molecular formula is C14H32O2. The average molecular weight is 232 g/mol. The van der Waals surface area contributed by atoms with Gasteiger partial charge in [-0.15, -0.1) is 0 Å². The average Bonchev–Trinajstić information content (AvgIpc) is 2.30. The van der Waals surface area contributed by atoms with Gasteiger partial charge in [0, 0.05) is 13.2 Å². The van der Waals surface area contributed by atoms with Crippen LogP contribution in [0, 0.1) is 11.8 Å². The number of ether oxygens (including phenoxy) is 1. The van der Waals surface area contributed by atoms with Crippen molar-refractivity contribution < 1.29 is 9.53 Å². The van der Waals surface area contributed by atoms with Crippen molar-refractivity contribution in [2.24, 2.45) is 11.8 Å². The van der Waals surface area contributed by atoms with Gasteiger partial charge < -0.3 is 9.53 Å². The van der Waals surface area contributed by atoms with Gasteiger partial charge in [0.25, 0.3) is 0 Å². The van der Waals surface area contributed by atoms with E-state index in [1.54, 1.807) is 0 Å². The summed E-state index contributed by atoms with van der Waals surface area (Å²) in [4.78, 5) is 8.81. The van der Waals surface area contributed by atoms with Crippen LogP contribution in [0.25, 0.3) is 0 Å². The van der Waals surface area contributed by atoms with Crippen LogP contribution in [-0.4, -0.2) is 19.5 Å². The topological polar surface area (TPSA) is 26.3 Å². The molecule has 0 radical (unpaired) electrons. The van der Waals surface area contributed by atoms with Gasteiger partial charge in [-0.3, -0.25) is 0 Å². The minimum absolute atomic E-state index is 0.727. The van der Waals surface area contributed by atoms with E-state index in [1.165, 1.54) is 19.8 Å². The summed E-state index contributed by atoms with van der Waals surface area (Å²) in [6, 6.07) is 0. The van der Waals surface area contributed by atoms with E-state index in [2.05, 4.69) is 27.7 Å². The zero-order chi connectivity index (χ0) is 13.4. The monoisotopic (exact) mass is 232 g/mol. The quantitative estimate of drug-likeness (QED) is 0.637. The van der Waals surface area contributed by atoms with E-state index in [-0.39, 0.29) is 0 Å². The summed E-state index contributed by atoms with van der Waals surface area (Å²) in [6.45, 7) is 16.1. The van der Waals surface area contributed by atoms with Crippen molar-refractivity contribution in [3.63, 3.8) is 0 Å². The summed E-state index contributed by atoms with van der Waals surface area (Å²) in [5, 5.41) is 0. The normalized spacial score (nSPS) is 12.4. The first kappa shape index (κ1) is 21.0. The van der Waals surface area contributed by atoms with Crippen molar-refractivity contribution in [2.75, 3.05) is 13.2 Å². The second-order valence-corrected chi connectivity index (χ2v) is 3.75. The molecular weight excluding hydrogens is 200 g/mol. The molecule has 2 atom stereocenters. The molecule has 0 aliphatic rings. The predicted molar refractivity (Wildman–Crippen MR) is 72.8 cm³/mol. The minimum atomic E-state index is 0.727. The first-order valence-corrected chi connectivity index (χ1v) is 6.59. The van der Waals surface area contributed by atoms with Gasteiger partial charge in [-0.05, 0) is 32.1 Å². The second kappa shape index (κ2) is 20.1. The molecule has 0 heterocycles. The van der Waals surface area contributed by atoms with Crippen LogP contribution in [0.3, 0.4) is 0 Å². The van der Waals surface area contributed by atoms with Crippen molar-refractivity contribution >= 4 is 6.29 Å². The largest absolute Gasteiger partial charge is 0.381 e. The Morgan fingerprint density at radius 2 is 1.56 bits per heavy atom. The Morgan fingerprint density at radius 1 is 1.12 bits per heavy atom. The molecule has 0 aliphatic carbocycles. The number of carbonyl (C=O) groups excluding carboxylic acids is 1. The number of aldehydes is 1. The van der Waals surface area contributed by atoms with E-state index < -0.39 is 0 Å². The molecule has 2 nitrogen and oxygen atoms in total. The van der Waals surface area contributed by atoms with Gasteiger partial charge >= 0.3 is 0 Å². The fraction of sp³-hybridized carbons (Fsp3) is 0.929. The molecule has 0 rings (SSSR count). The molecule has 0 aromatic heterocycles. The lowest BCUT2D eigenvalue weighted by Crippen LogP contribution is -2.09. The Morgan fingerprint density at radius 3 is 1.88 bits per heavy atom. The number of hydrogen-bond acceptors (Lipinski definition) is 2. The zero-order valence-electron chi connectivity index (χ0n) is 12.4. The van der Waals surface area contributed by atoms with Gasteiger partial charge in [0.2, 0.25) is 0 Å². The van der Waals surface area contributed by atoms with Crippen molar-refractivity contribution in [3.05, 3.63) is 0 Å². The molecule has 0 saturated heterocycles. The number of carbonyl (C=O) groups is 1. The van der Waals surface area contributed by atoms with Gasteiger partial charge in [0.15, 0.2) is 0 Å². The van der Waals surface area contributed by atoms with Crippen molar-refractivity contribution in [3.8, 4) is 0 Å². The van der Waals surface area contributed by atoms with Crippen LogP contribution in [-0.2, 0) is 9.53 Å². The predicted octanol–water partition coefficient (Wildman–Crippen LogP) is 4.33. The second-order valence-electron chi connectivity index (χ2n) is 3.75. The lowest BCUT2D eigenvalue weighted by Gasteiger charge is -2.15. The number of rotatable bonds is 6. The summed E-state index contributed by atoms with van der Waals surface area (Å²) >= 11 is 0. The summed E-state index contributed by atoms with van der Waals surface area (Å²) in [5.41, 5.74) is 0. The molecule has 0 saturated carbocycles. The van der Waals surface area contributed by atoms with E-state index in [0.29, 0.717) is 0 Å². The molecule has 0 bridgehead atoms. The van der Waals surface area contributed by atoms with E-state index in [9.17, 15) is 0 Å². The lowest BCUT2D eigenvalue weighted by molar-refractivity contribution is -0.106. The standard InChI is InChI=1S/C10H22O.C2H4O.C2H6/c1-5-9(3)7-10(4)8-11-6-2;1-2-3;1-2/h9-10H,5-8H2,1-4H3;2H,1H3;1-2H3. The molecule has 0 aliphatic heterocycles. The van der Waals surface area contributed by atoms with Crippen molar-refractivity contribution in [2.45, 2.75) is 61.3 Å². The maximum atomic E-state index is 8.81. The Balaban J connectivity index is -0.000000289. The highest BCUT2D eigenvalue weighted by molar-refractivity contribution is 5.44. The van der Waals surface area contributed by atoms with E-state index in [1.807, 2.05) is 13.8 Å². The molecule has 100 valence electrons. The molecule has 0 spiro atoms. The summed E-state index contributed by atoms with van der Waals surface area (Å²) in [6.07, 6.45) is 3.34. The molecule has 0 N–H and O–H groups in total. The molecule has 0 aromatic carbocycles. The van der Waals surface area contributed by atoms with Gasteiger partial charge in [0.05, 0.1) is 0 Å². The molecule has 0 aromatic rings. The summed E-state index contributed by atoms with van der Waals surface area (Å²) in [5.74, 6) is 1.58. The van der Waals surface area contributed by atoms with Crippen molar-refractivity contribution in [1.82, 2.24) is 0 Å². The van der Waals surface area contributed by atoms with Gasteiger partial charge in [-0.2, -0.15) is 0 Å². The molecule has 16 heavy (non-hydrogen) atoms. The Hall–Kier alpha value is -0.370. The highest BCUT2D eigenvalue weighted by atomic mass is 16.5. The maximum absolute atomic E-state index is 8.81. The smallest absolute Gasteiger partial charge is 0.116 e. The fourth-order valence-electron chi connectivity index (χ4n) is 1.24. The Bertz CT molecular complexity index is 113. The molecule has 2 unspecified atom stereocenters. The van der Waals surface area contributed by atoms with Crippen LogP contribution in [0.5, 0.6) is 0 Å². The number of hydrogen-bond donors (Lipinski definition) is 0.